The van der Waals surface area contributed by atoms with Crippen molar-refractivity contribution in [3.05, 3.63) is 39.9 Å². The highest BCUT2D eigenvalue weighted by Gasteiger charge is 2.13. The number of ether oxygens (including phenoxy) is 1. The molecule has 0 amide bonds. The van der Waals surface area contributed by atoms with E-state index in [0.29, 0.717) is 27.0 Å². The molecule has 0 fully saturated rings. The number of rotatable bonds is 2. The van der Waals surface area contributed by atoms with Gasteiger partial charge in [-0.25, -0.2) is 4.98 Å². The van der Waals surface area contributed by atoms with Crippen LogP contribution in [0.4, 0.5) is 0 Å². The van der Waals surface area contributed by atoms with E-state index in [2.05, 4.69) is 19.9 Å². The van der Waals surface area contributed by atoms with Crippen LogP contribution in [0.25, 0.3) is 11.2 Å². The Kier molecular flexibility index (Phi) is 3.18. The van der Waals surface area contributed by atoms with Crippen LogP contribution in [-0.4, -0.2) is 19.9 Å². The summed E-state index contributed by atoms with van der Waals surface area (Å²) in [5.74, 6) is 0.608. The van der Waals surface area contributed by atoms with Gasteiger partial charge in [0.2, 0.25) is 11.2 Å². The van der Waals surface area contributed by atoms with E-state index in [4.69, 9.17) is 39.5 Å². The second-order valence-electron chi connectivity index (χ2n) is 3.55. The quantitative estimate of drug-likeness (QED) is 0.723. The van der Waals surface area contributed by atoms with Gasteiger partial charge in [-0.15, -0.1) is 0 Å². The maximum atomic E-state index is 6.05. The van der Waals surface area contributed by atoms with Gasteiger partial charge in [0.1, 0.15) is 16.3 Å². The standard InChI is InChI=1S/C11H5Cl3N4O/c12-5-2-1-3-6(7(5)13)19-10-8-9(16-4-15-8)17-11(14)18-10/h1-4H,(H,15,16,17,18). The third-order valence-corrected chi connectivity index (χ3v) is 3.32. The van der Waals surface area contributed by atoms with E-state index in [1.54, 1.807) is 18.2 Å². The lowest BCUT2D eigenvalue weighted by molar-refractivity contribution is 0.467. The Morgan fingerprint density at radius 3 is 2.79 bits per heavy atom. The highest BCUT2D eigenvalue weighted by atomic mass is 35.5. The van der Waals surface area contributed by atoms with E-state index in [0.717, 1.165) is 0 Å². The van der Waals surface area contributed by atoms with Gasteiger partial charge in [-0.3, -0.25) is 0 Å². The molecular formula is C11H5Cl3N4O. The molecule has 0 saturated heterocycles. The molecule has 0 bridgehead atoms. The van der Waals surface area contributed by atoms with Gasteiger partial charge in [0.15, 0.2) is 5.65 Å². The van der Waals surface area contributed by atoms with Crippen LogP contribution in [0.1, 0.15) is 0 Å². The van der Waals surface area contributed by atoms with Crippen LogP contribution in [-0.2, 0) is 0 Å². The third-order valence-electron chi connectivity index (χ3n) is 2.35. The molecule has 3 rings (SSSR count). The maximum absolute atomic E-state index is 6.05. The maximum Gasteiger partial charge on any atom is 0.250 e. The average molecular weight is 316 g/mol. The van der Waals surface area contributed by atoms with Crippen LogP contribution in [0, 0.1) is 0 Å². The van der Waals surface area contributed by atoms with E-state index < -0.39 is 0 Å². The number of aromatic nitrogens is 4. The van der Waals surface area contributed by atoms with E-state index >= 15 is 0 Å². The van der Waals surface area contributed by atoms with Gasteiger partial charge in [0.05, 0.1) is 11.3 Å². The van der Waals surface area contributed by atoms with Gasteiger partial charge in [-0.1, -0.05) is 29.3 Å². The molecule has 19 heavy (non-hydrogen) atoms. The summed E-state index contributed by atoms with van der Waals surface area (Å²) in [5, 5.41) is 0.722. The summed E-state index contributed by atoms with van der Waals surface area (Å²) in [6.07, 6.45) is 1.47. The summed E-state index contributed by atoms with van der Waals surface area (Å²) in [7, 11) is 0. The molecule has 0 aliphatic heterocycles. The van der Waals surface area contributed by atoms with Gasteiger partial charge in [0, 0.05) is 0 Å². The first kappa shape index (κ1) is 12.5. The van der Waals surface area contributed by atoms with Crippen molar-refractivity contribution >= 4 is 46.0 Å². The molecule has 2 heterocycles. The molecule has 3 aromatic rings. The van der Waals surface area contributed by atoms with Crippen molar-refractivity contribution in [1.82, 2.24) is 19.9 Å². The molecule has 0 unspecified atom stereocenters. The van der Waals surface area contributed by atoms with Crippen molar-refractivity contribution in [2.75, 3.05) is 0 Å². The largest absolute Gasteiger partial charge is 0.435 e. The predicted octanol–water partition coefficient (Wildman–Crippen LogP) is 4.11. The van der Waals surface area contributed by atoms with Crippen LogP contribution in [0.5, 0.6) is 11.6 Å². The molecule has 5 nitrogen and oxygen atoms in total. The summed E-state index contributed by atoms with van der Waals surface area (Å²) >= 11 is 17.8. The Morgan fingerprint density at radius 1 is 1.11 bits per heavy atom. The second-order valence-corrected chi connectivity index (χ2v) is 4.68. The molecule has 0 aliphatic carbocycles. The predicted molar refractivity (Wildman–Crippen MR) is 73.2 cm³/mol. The number of imidazole rings is 1. The highest BCUT2D eigenvalue weighted by Crippen LogP contribution is 2.35. The van der Waals surface area contributed by atoms with Gasteiger partial charge in [-0.2, -0.15) is 9.97 Å². The zero-order valence-electron chi connectivity index (χ0n) is 9.19. The summed E-state index contributed by atoms with van der Waals surface area (Å²) in [4.78, 5) is 14.8. The van der Waals surface area contributed by atoms with Crippen LogP contribution < -0.4 is 4.74 Å². The molecular weight excluding hydrogens is 311 g/mol. The van der Waals surface area contributed by atoms with Crippen molar-refractivity contribution in [1.29, 1.82) is 0 Å². The molecule has 0 spiro atoms. The summed E-state index contributed by atoms with van der Waals surface area (Å²) in [6.45, 7) is 0. The van der Waals surface area contributed by atoms with Gasteiger partial charge in [-0.05, 0) is 23.7 Å². The van der Waals surface area contributed by atoms with Crippen LogP contribution in [0.15, 0.2) is 24.5 Å². The number of benzene rings is 1. The van der Waals surface area contributed by atoms with Crippen LogP contribution >= 0.6 is 34.8 Å². The number of halogens is 3. The highest BCUT2D eigenvalue weighted by molar-refractivity contribution is 6.42. The molecule has 1 N–H and O–H groups in total. The Hall–Kier alpha value is -1.56. The van der Waals surface area contributed by atoms with Gasteiger partial charge < -0.3 is 9.72 Å². The number of aromatic amines is 1. The fourth-order valence-corrected chi connectivity index (χ4v) is 2.01. The Balaban J connectivity index is 2.10. The Labute approximate surface area is 122 Å². The van der Waals surface area contributed by atoms with Crippen molar-refractivity contribution in [2.45, 2.75) is 0 Å². The van der Waals surface area contributed by atoms with Gasteiger partial charge >= 0.3 is 0 Å². The van der Waals surface area contributed by atoms with Crippen molar-refractivity contribution < 1.29 is 4.74 Å². The van der Waals surface area contributed by atoms with Crippen molar-refractivity contribution in [2.24, 2.45) is 0 Å². The lowest BCUT2D eigenvalue weighted by Gasteiger charge is -2.08. The van der Waals surface area contributed by atoms with Crippen molar-refractivity contribution in [3.8, 4) is 11.6 Å². The minimum atomic E-state index is 0.0350. The third kappa shape index (κ3) is 2.32. The number of nitrogens with one attached hydrogen (secondary N) is 1. The number of hydrogen-bond acceptors (Lipinski definition) is 4. The molecule has 0 aliphatic rings. The van der Waals surface area contributed by atoms with Gasteiger partial charge in [0.25, 0.3) is 0 Å². The van der Waals surface area contributed by atoms with Crippen LogP contribution in [0.3, 0.4) is 0 Å². The van der Waals surface area contributed by atoms with E-state index in [1.807, 2.05) is 0 Å². The zero-order chi connectivity index (χ0) is 13.4. The Bertz CT molecular complexity index is 759. The number of hydrogen-bond donors (Lipinski definition) is 1. The van der Waals surface area contributed by atoms with Crippen LogP contribution in [0.2, 0.25) is 15.3 Å². The first-order chi connectivity index (χ1) is 9.15. The lowest BCUT2D eigenvalue weighted by Crippen LogP contribution is -1.93. The first-order valence-electron chi connectivity index (χ1n) is 5.13. The second kappa shape index (κ2) is 4.85. The minimum Gasteiger partial charge on any atom is -0.435 e. The topological polar surface area (TPSA) is 63.7 Å². The SMILES string of the molecule is Clc1nc(Oc2cccc(Cl)c2Cl)c2[nH]cnc2n1. The molecule has 0 atom stereocenters. The summed E-state index contributed by atoms with van der Waals surface area (Å²) in [6, 6.07) is 5.05. The molecule has 2 aromatic heterocycles. The molecule has 96 valence electrons. The number of H-pyrrole nitrogens is 1. The smallest absolute Gasteiger partial charge is 0.250 e. The minimum absolute atomic E-state index is 0.0350. The van der Waals surface area contributed by atoms with E-state index in [9.17, 15) is 0 Å². The summed E-state index contributed by atoms with van der Waals surface area (Å²) < 4.78 is 5.62. The Morgan fingerprint density at radius 2 is 1.95 bits per heavy atom. The normalized spacial score (nSPS) is 10.9. The molecule has 0 saturated carbocycles. The van der Waals surface area contributed by atoms with E-state index in [1.165, 1.54) is 6.33 Å². The summed E-state index contributed by atoms with van der Waals surface area (Å²) in [5.41, 5.74) is 0.939. The molecule has 8 heteroatoms. The molecule has 0 radical (unpaired) electrons. The molecule has 1 aromatic carbocycles. The zero-order valence-corrected chi connectivity index (χ0v) is 11.5. The lowest BCUT2D eigenvalue weighted by atomic mass is 10.3. The van der Waals surface area contributed by atoms with Crippen molar-refractivity contribution in [3.63, 3.8) is 0 Å². The first-order valence-corrected chi connectivity index (χ1v) is 6.27. The fraction of sp³-hybridized carbons (Fsp3) is 0. The average Bonchev–Trinajstić information content (AvgIpc) is 2.83. The van der Waals surface area contributed by atoms with E-state index in [-0.39, 0.29) is 11.2 Å². The number of nitrogens with zero attached hydrogens (tertiary/aromatic N) is 3. The monoisotopic (exact) mass is 314 g/mol. The fourth-order valence-electron chi connectivity index (χ4n) is 1.52. The number of fused-ring (bicyclic) bond motifs is 1.